The highest BCUT2D eigenvalue weighted by Gasteiger charge is 2.48. The van der Waals surface area contributed by atoms with Crippen LogP contribution in [0.5, 0.6) is 0 Å². The zero-order valence-electron chi connectivity index (χ0n) is 30.9. The summed E-state index contributed by atoms with van der Waals surface area (Å²) in [5, 5.41) is 1.10. The van der Waals surface area contributed by atoms with Crippen molar-refractivity contribution in [2.24, 2.45) is 0 Å². The number of aromatic nitrogens is 2. The molecular weight excluding hydrogens is 692 g/mol. The van der Waals surface area contributed by atoms with Gasteiger partial charge in [0.15, 0.2) is 0 Å². The molecule has 264 valence electrons. The average Bonchev–Trinajstić information content (AvgIpc) is 3.28. The van der Waals surface area contributed by atoms with Crippen LogP contribution in [0.3, 0.4) is 0 Å². The maximum Gasteiger partial charge on any atom is 0.245 e. The standard InChI is InChI=1S/C50H33B2N5/c1-3-17-35(18-4-1)51-38-21-7-8-22-39(38)52-40-23-9-10-24-42(40)55(37-28-31-53-32-29-37)50-47(52)41(51)33-46-49(50)56(36-19-5-2-6-20-36)43-25-11-12-26-44(43)57(46)45-27-13-15-34-16-14-30-54-48(34)45/h1-33H. The molecule has 2 aromatic heterocycles. The van der Waals surface area contributed by atoms with Crippen molar-refractivity contribution in [3.8, 4) is 0 Å². The van der Waals surface area contributed by atoms with Crippen molar-refractivity contribution in [2.75, 3.05) is 14.7 Å². The molecule has 5 nitrogen and oxygen atoms in total. The Morgan fingerprint density at radius 1 is 0.368 bits per heavy atom. The molecule has 0 N–H and O–H groups in total. The van der Waals surface area contributed by atoms with Gasteiger partial charge < -0.3 is 14.7 Å². The summed E-state index contributed by atoms with van der Waals surface area (Å²) in [6.07, 6.45) is 5.73. The molecular formula is C50H33B2N5. The number of pyridine rings is 2. The highest BCUT2D eigenvalue weighted by Crippen LogP contribution is 2.59. The Hall–Kier alpha value is -7.37. The van der Waals surface area contributed by atoms with Crippen molar-refractivity contribution < 1.29 is 0 Å². The van der Waals surface area contributed by atoms with E-state index in [9.17, 15) is 0 Å². The Morgan fingerprint density at radius 3 is 1.72 bits per heavy atom. The van der Waals surface area contributed by atoms with Gasteiger partial charge in [-0.05, 0) is 71.6 Å². The van der Waals surface area contributed by atoms with E-state index in [4.69, 9.17) is 4.98 Å². The first-order valence-electron chi connectivity index (χ1n) is 19.6. The Morgan fingerprint density at radius 2 is 0.947 bits per heavy atom. The molecule has 0 spiro atoms. The maximum atomic E-state index is 5.04. The van der Waals surface area contributed by atoms with Crippen LogP contribution in [0, 0.1) is 0 Å². The third-order valence-electron chi connectivity index (χ3n) is 12.0. The van der Waals surface area contributed by atoms with Crippen LogP contribution in [0.25, 0.3) is 10.9 Å². The maximum absolute atomic E-state index is 5.04. The highest BCUT2D eigenvalue weighted by atomic mass is 15.3. The number of hydrogen-bond donors (Lipinski definition) is 0. The fraction of sp³-hybridized carbons (Fsp3) is 0. The van der Waals surface area contributed by atoms with E-state index in [1.54, 1.807) is 0 Å². The van der Waals surface area contributed by atoms with E-state index in [1.807, 2.05) is 24.7 Å². The lowest BCUT2D eigenvalue weighted by atomic mass is 9.20. The van der Waals surface area contributed by atoms with Crippen molar-refractivity contribution in [3.05, 3.63) is 201 Å². The number of anilines is 9. The van der Waals surface area contributed by atoms with Gasteiger partial charge in [0.05, 0.1) is 39.6 Å². The van der Waals surface area contributed by atoms with Gasteiger partial charge in [0.2, 0.25) is 13.4 Å². The molecule has 0 radical (unpaired) electrons. The number of hydrogen-bond acceptors (Lipinski definition) is 5. The van der Waals surface area contributed by atoms with Crippen LogP contribution in [0.4, 0.5) is 51.2 Å². The van der Waals surface area contributed by atoms with Crippen LogP contribution >= 0.6 is 0 Å². The van der Waals surface area contributed by atoms with Gasteiger partial charge in [0, 0.05) is 41.0 Å². The van der Waals surface area contributed by atoms with Gasteiger partial charge in [-0.1, -0.05) is 143 Å². The van der Waals surface area contributed by atoms with E-state index in [0.29, 0.717) is 0 Å². The first-order valence-corrected chi connectivity index (χ1v) is 19.6. The quantitative estimate of drug-likeness (QED) is 0.172. The number of benzene rings is 7. The largest absolute Gasteiger partial charge is 0.309 e. The first-order chi connectivity index (χ1) is 28.3. The fourth-order valence-electron chi connectivity index (χ4n) is 9.81. The first kappa shape index (κ1) is 31.9. The van der Waals surface area contributed by atoms with Crippen molar-refractivity contribution in [2.45, 2.75) is 0 Å². The summed E-state index contributed by atoms with van der Waals surface area (Å²) in [6, 6.07) is 66.4. The molecule has 0 amide bonds. The van der Waals surface area contributed by atoms with Gasteiger partial charge in [-0.15, -0.1) is 0 Å². The van der Waals surface area contributed by atoms with Crippen molar-refractivity contribution >= 4 is 108 Å². The molecule has 3 aliphatic heterocycles. The normalized spacial score (nSPS) is 13.4. The van der Waals surface area contributed by atoms with Gasteiger partial charge >= 0.3 is 0 Å². The number of para-hydroxylation sites is 5. The summed E-state index contributed by atoms with van der Waals surface area (Å²) in [4.78, 5) is 17.0. The van der Waals surface area contributed by atoms with Crippen LogP contribution in [-0.2, 0) is 0 Å². The number of fused-ring (bicyclic) bond motifs is 8. The second kappa shape index (κ2) is 12.6. The van der Waals surface area contributed by atoms with Crippen LogP contribution in [0.2, 0.25) is 0 Å². The average molecular weight is 725 g/mol. The Balaban J connectivity index is 1.30. The predicted molar refractivity (Wildman–Crippen MR) is 239 cm³/mol. The molecule has 0 unspecified atom stereocenters. The van der Waals surface area contributed by atoms with Crippen molar-refractivity contribution in [1.82, 2.24) is 9.97 Å². The topological polar surface area (TPSA) is 35.5 Å². The van der Waals surface area contributed by atoms with Crippen LogP contribution in [0.15, 0.2) is 201 Å². The Kier molecular flexibility index (Phi) is 7.05. The minimum absolute atomic E-state index is 0.00269. The van der Waals surface area contributed by atoms with E-state index in [2.05, 4.69) is 196 Å². The van der Waals surface area contributed by atoms with E-state index >= 15 is 0 Å². The SMILES string of the molecule is c1ccc(B2c3ccccc3B3c4ccccc4N(c4ccncc4)c4c3c2cc2c4N(c3ccccc3)c3ccccc3N2c2cccc3cccnc23)cc1. The lowest BCUT2D eigenvalue weighted by molar-refractivity contribution is 1.15. The third kappa shape index (κ3) is 4.66. The summed E-state index contributed by atoms with van der Waals surface area (Å²) < 4.78 is 0. The van der Waals surface area contributed by atoms with Crippen LogP contribution < -0.4 is 47.5 Å². The summed E-state index contributed by atoms with van der Waals surface area (Å²) in [7, 11) is 0. The lowest BCUT2D eigenvalue weighted by Gasteiger charge is -2.48. The second-order valence-corrected chi connectivity index (χ2v) is 14.9. The summed E-state index contributed by atoms with van der Waals surface area (Å²) in [5.41, 5.74) is 18.8. The van der Waals surface area contributed by atoms with Gasteiger partial charge in [-0.3, -0.25) is 9.97 Å². The third-order valence-corrected chi connectivity index (χ3v) is 12.0. The zero-order chi connectivity index (χ0) is 37.5. The molecule has 7 aromatic carbocycles. The van der Waals surface area contributed by atoms with Crippen molar-refractivity contribution in [1.29, 1.82) is 0 Å². The summed E-state index contributed by atoms with van der Waals surface area (Å²) in [5.74, 6) is 0. The van der Waals surface area contributed by atoms with E-state index in [1.165, 1.54) is 44.2 Å². The van der Waals surface area contributed by atoms with Crippen LogP contribution in [-0.4, -0.2) is 23.4 Å². The molecule has 0 aliphatic carbocycles. The Labute approximate surface area is 332 Å². The minimum Gasteiger partial charge on any atom is -0.309 e. The van der Waals surface area contributed by atoms with Crippen LogP contribution in [0.1, 0.15) is 0 Å². The van der Waals surface area contributed by atoms with E-state index in [0.717, 1.165) is 50.7 Å². The molecule has 0 fully saturated rings. The number of rotatable bonds is 4. The number of nitrogens with zero attached hydrogens (tertiary/aromatic N) is 5. The molecule has 0 saturated heterocycles. The summed E-state index contributed by atoms with van der Waals surface area (Å²) in [6.45, 7) is 0.00491. The molecule has 0 saturated carbocycles. The van der Waals surface area contributed by atoms with Gasteiger partial charge in [0.25, 0.3) is 0 Å². The minimum atomic E-state index is -0.00269. The predicted octanol–water partition coefficient (Wildman–Crippen LogP) is 8.01. The molecule has 3 aliphatic rings. The molecule has 0 bridgehead atoms. The second-order valence-electron chi connectivity index (χ2n) is 14.9. The molecule has 5 heterocycles. The smallest absolute Gasteiger partial charge is 0.245 e. The van der Waals surface area contributed by atoms with E-state index < -0.39 is 0 Å². The van der Waals surface area contributed by atoms with Crippen molar-refractivity contribution in [3.63, 3.8) is 0 Å². The molecule has 57 heavy (non-hydrogen) atoms. The molecule has 7 heteroatoms. The van der Waals surface area contributed by atoms with Gasteiger partial charge in [-0.2, -0.15) is 0 Å². The zero-order valence-corrected chi connectivity index (χ0v) is 30.9. The monoisotopic (exact) mass is 725 g/mol. The van der Waals surface area contributed by atoms with E-state index in [-0.39, 0.29) is 13.4 Å². The lowest BCUT2D eigenvalue weighted by Crippen LogP contribution is -2.76. The summed E-state index contributed by atoms with van der Waals surface area (Å²) >= 11 is 0. The Bertz CT molecular complexity index is 3000. The van der Waals surface area contributed by atoms with Gasteiger partial charge in [-0.25, -0.2) is 0 Å². The van der Waals surface area contributed by atoms with Gasteiger partial charge in [0.1, 0.15) is 0 Å². The molecule has 12 rings (SSSR count). The molecule has 0 atom stereocenters. The molecule has 9 aromatic rings. The fourth-order valence-corrected chi connectivity index (χ4v) is 9.81. The highest BCUT2D eigenvalue weighted by molar-refractivity contribution is 7.12.